The van der Waals surface area contributed by atoms with Crippen LogP contribution in [0.5, 0.6) is 5.75 Å². The molecule has 154 valence electrons. The summed E-state index contributed by atoms with van der Waals surface area (Å²) in [5.41, 5.74) is 2.15. The predicted octanol–water partition coefficient (Wildman–Crippen LogP) is 1.25. The van der Waals surface area contributed by atoms with Crippen molar-refractivity contribution in [1.29, 1.82) is 0 Å². The number of rotatable bonds is 7. The van der Waals surface area contributed by atoms with E-state index < -0.39 is 11.8 Å². The number of piperazine rings is 1. The Hall–Kier alpha value is -3.06. The minimum Gasteiger partial charge on any atom is -0.497 e. The van der Waals surface area contributed by atoms with Crippen LogP contribution in [0.1, 0.15) is 5.56 Å². The molecule has 2 N–H and O–H groups in total. The zero-order valence-electron chi connectivity index (χ0n) is 16.8. The fourth-order valence-electron chi connectivity index (χ4n) is 3.29. The zero-order valence-corrected chi connectivity index (χ0v) is 16.8. The Bertz CT molecular complexity index is 787. The number of benzene rings is 2. The highest BCUT2D eigenvalue weighted by Crippen LogP contribution is 2.20. The molecule has 7 nitrogen and oxygen atoms in total. The van der Waals surface area contributed by atoms with Crippen molar-refractivity contribution in [2.24, 2.45) is 0 Å². The zero-order chi connectivity index (χ0) is 20.5. The molecule has 0 unspecified atom stereocenters. The van der Waals surface area contributed by atoms with E-state index in [2.05, 4.69) is 32.6 Å². The minimum absolute atomic E-state index is 0.348. The highest BCUT2D eigenvalue weighted by atomic mass is 16.5. The molecule has 0 saturated carbocycles. The van der Waals surface area contributed by atoms with Crippen molar-refractivity contribution in [3.8, 4) is 5.75 Å². The number of carbonyl (C=O) groups is 2. The number of hydrogen-bond acceptors (Lipinski definition) is 5. The van der Waals surface area contributed by atoms with Gasteiger partial charge in [0.1, 0.15) is 5.75 Å². The number of carbonyl (C=O) groups excluding carboxylic acids is 2. The van der Waals surface area contributed by atoms with E-state index in [-0.39, 0.29) is 0 Å². The second-order valence-electron chi connectivity index (χ2n) is 6.95. The van der Waals surface area contributed by atoms with Crippen LogP contribution in [0.25, 0.3) is 0 Å². The normalized spacial score (nSPS) is 14.3. The van der Waals surface area contributed by atoms with Crippen molar-refractivity contribution in [2.45, 2.75) is 6.54 Å². The van der Waals surface area contributed by atoms with Gasteiger partial charge in [-0.2, -0.15) is 0 Å². The first-order chi connectivity index (χ1) is 14.2. The van der Waals surface area contributed by atoms with Gasteiger partial charge in [-0.25, -0.2) is 0 Å². The molecular formula is C22H28N4O3. The average molecular weight is 396 g/mol. The maximum absolute atomic E-state index is 11.9. The number of amides is 2. The van der Waals surface area contributed by atoms with Gasteiger partial charge in [0.05, 0.1) is 7.11 Å². The lowest BCUT2D eigenvalue weighted by molar-refractivity contribution is -0.139. The molecule has 7 heteroatoms. The van der Waals surface area contributed by atoms with Crippen molar-refractivity contribution in [2.75, 3.05) is 51.3 Å². The summed E-state index contributed by atoms with van der Waals surface area (Å²) in [6.45, 7) is 5.23. The standard InChI is InChI=1S/C22H28N4O3/c1-29-20-9-7-19(8-10-20)26-15-13-25(14-16-26)12-11-23-21(27)22(28)24-17-18-5-3-2-4-6-18/h2-10H,11-17H2,1H3,(H,23,27)(H,24,28). The van der Waals surface area contributed by atoms with Gasteiger partial charge in [-0.15, -0.1) is 0 Å². The quantitative estimate of drug-likeness (QED) is 0.689. The molecule has 0 bridgehead atoms. The van der Waals surface area contributed by atoms with Crippen LogP contribution in [0.4, 0.5) is 5.69 Å². The lowest BCUT2D eigenvalue weighted by atomic mass is 10.2. The molecule has 29 heavy (non-hydrogen) atoms. The lowest BCUT2D eigenvalue weighted by Crippen LogP contribution is -2.49. The van der Waals surface area contributed by atoms with Crippen LogP contribution < -0.4 is 20.3 Å². The Morgan fingerprint density at radius 1 is 0.897 bits per heavy atom. The van der Waals surface area contributed by atoms with E-state index in [1.54, 1.807) is 7.11 Å². The first-order valence-corrected chi connectivity index (χ1v) is 9.87. The molecular weight excluding hydrogens is 368 g/mol. The van der Waals surface area contributed by atoms with Gasteiger partial charge in [0.25, 0.3) is 0 Å². The Kier molecular flexibility index (Phi) is 7.47. The molecule has 1 aliphatic rings. The third kappa shape index (κ3) is 6.22. The maximum Gasteiger partial charge on any atom is 0.309 e. The van der Waals surface area contributed by atoms with Crippen molar-refractivity contribution in [1.82, 2.24) is 15.5 Å². The van der Waals surface area contributed by atoms with Crippen LogP contribution in [0.15, 0.2) is 54.6 Å². The molecule has 1 heterocycles. The molecule has 1 fully saturated rings. The number of ether oxygens (including phenoxy) is 1. The van der Waals surface area contributed by atoms with Gasteiger partial charge in [-0.1, -0.05) is 30.3 Å². The van der Waals surface area contributed by atoms with Gasteiger partial charge in [0.15, 0.2) is 0 Å². The van der Waals surface area contributed by atoms with Gasteiger partial charge >= 0.3 is 11.8 Å². The molecule has 3 rings (SSSR count). The van der Waals surface area contributed by atoms with Gasteiger partial charge in [-0.05, 0) is 29.8 Å². The smallest absolute Gasteiger partial charge is 0.309 e. The highest BCUT2D eigenvalue weighted by Gasteiger charge is 2.18. The van der Waals surface area contributed by atoms with Crippen molar-refractivity contribution in [3.63, 3.8) is 0 Å². The Morgan fingerprint density at radius 3 is 2.21 bits per heavy atom. The molecule has 0 atom stereocenters. The van der Waals surface area contributed by atoms with E-state index in [0.717, 1.165) is 44.0 Å². The summed E-state index contributed by atoms with van der Waals surface area (Å²) in [5, 5.41) is 5.34. The molecule has 1 aliphatic heterocycles. The van der Waals surface area contributed by atoms with Crippen LogP contribution >= 0.6 is 0 Å². The van der Waals surface area contributed by atoms with E-state index in [4.69, 9.17) is 4.74 Å². The number of nitrogens with one attached hydrogen (secondary N) is 2. The first-order valence-electron chi connectivity index (χ1n) is 9.87. The average Bonchev–Trinajstić information content (AvgIpc) is 2.78. The first kappa shape index (κ1) is 20.7. The number of methoxy groups -OCH3 is 1. The Morgan fingerprint density at radius 2 is 1.55 bits per heavy atom. The summed E-state index contributed by atoms with van der Waals surface area (Å²) in [4.78, 5) is 28.5. The molecule has 0 aromatic heterocycles. The molecule has 0 aliphatic carbocycles. The van der Waals surface area contributed by atoms with Crippen molar-refractivity contribution < 1.29 is 14.3 Å². The third-order valence-corrected chi connectivity index (χ3v) is 5.03. The molecule has 0 spiro atoms. The summed E-state index contributed by atoms with van der Waals surface area (Å²) < 4.78 is 5.20. The van der Waals surface area contributed by atoms with E-state index in [1.165, 1.54) is 5.69 Å². The monoisotopic (exact) mass is 396 g/mol. The molecule has 2 aromatic carbocycles. The molecule has 1 saturated heterocycles. The van der Waals surface area contributed by atoms with Gasteiger partial charge in [0, 0.05) is 51.5 Å². The van der Waals surface area contributed by atoms with Crippen molar-refractivity contribution >= 4 is 17.5 Å². The van der Waals surface area contributed by atoms with Gasteiger partial charge in [-0.3, -0.25) is 14.5 Å². The van der Waals surface area contributed by atoms with Gasteiger partial charge < -0.3 is 20.3 Å². The fraction of sp³-hybridized carbons (Fsp3) is 0.364. The van der Waals surface area contributed by atoms with Crippen LogP contribution in [-0.2, 0) is 16.1 Å². The third-order valence-electron chi connectivity index (χ3n) is 5.03. The number of hydrogen-bond donors (Lipinski definition) is 2. The van der Waals surface area contributed by atoms with Crippen LogP contribution in [0.2, 0.25) is 0 Å². The van der Waals surface area contributed by atoms with Crippen LogP contribution in [-0.4, -0.2) is 63.1 Å². The summed E-state index contributed by atoms with van der Waals surface area (Å²) in [6.07, 6.45) is 0. The van der Waals surface area contributed by atoms with Crippen LogP contribution in [0, 0.1) is 0 Å². The summed E-state index contributed by atoms with van der Waals surface area (Å²) in [6, 6.07) is 17.6. The SMILES string of the molecule is COc1ccc(N2CCN(CCNC(=O)C(=O)NCc3ccccc3)CC2)cc1. The lowest BCUT2D eigenvalue weighted by Gasteiger charge is -2.36. The topological polar surface area (TPSA) is 73.9 Å². The largest absolute Gasteiger partial charge is 0.497 e. The predicted molar refractivity (Wildman–Crippen MR) is 113 cm³/mol. The minimum atomic E-state index is -0.599. The number of nitrogens with zero attached hydrogens (tertiary/aromatic N) is 2. The summed E-state index contributed by atoms with van der Waals surface area (Å²) in [5.74, 6) is -0.327. The highest BCUT2D eigenvalue weighted by molar-refractivity contribution is 6.35. The van der Waals surface area contributed by atoms with Gasteiger partial charge in [0.2, 0.25) is 0 Å². The van der Waals surface area contributed by atoms with E-state index >= 15 is 0 Å². The summed E-state index contributed by atoms with van der Waals surface area (Å²) >= 11 is 0. The molecule has 2 aromatic rings. The molecule has 0 radical (unpaired) electrons. The van der Waals surface area contributed by atoms with Crippen molar-refractivity contribution in [3.05, 3.63) is 60.2 Å². The number of anilines is 1. The van der Waals surface area contributed by atoms with E-state index in [1.807, 2.05) is 42.5 Å². The van der Waals surface area contributed by atoms with E-state index in [0.29, 0.717) is 13.1 Å². The molecule has 2 amide bonds. The maximum atomic E-state index is 11.9. The van der Waals surface area contributed by atoms with E-state index in [9.17, 15) is 9.59 Å². The summed E-state index contributed by atoms with van der Waals surface area (Å²) in [7, 11) is 1.67. The second kappa shape index (κ2) is 10.5. The Balaban J connectivity index is 1.32. The second-order valence-corrected chi connectivity index (χ2v) is 6.95. The fourth-order valence-corrected chi connectivity index (χ4v) is 3.29. The Labute approximate surface area is 171 Å². The van der Waals surface area contributed by atoms with Crippen LogP contribution in [0.3, 0.4) is 0 Å².